The number of nitrogens with zero attached hydrogens (tertiary/aromatic N) is 1. The van der Waals surface area contributed by atoms with E-state index in [0.717, 1.165) is 23.3 Å². The van der Waals surface area contributed by atoms with Gasteiger partial charge in [0.1, 0.15) is 4.21 Å². The van der Waals surface area contributed by atoms with E-state index in [2.05, 4.69) is 0 Å². The fraction of sp³-hybridized carbons (Fsp3) is 0.636. The Bertz CT molecular complexity index is 505. The van der Waals surface area contributed by atoms with Crippen molar-refractivity contribution in [3.05, 3.63) is 16.5 Å². The Balaban J connectivity index is 0.00000162. The molecule has 1 aromatic rings. The van der Waals surface area contributed by atoms with Crippen molar-refractivity contribution in [1.29, 1.82) is 0 Å². The maximum Gasteiger partial charge on any atom is 0.252 e. The third-order valence-corrected chi connectivity index (χ3v) is 6.73. The number of rotatable bonds is 2. The van der Waals surface area contributed by atoms with Gasteiger partial charge in [-0.25, -0.2) is 8.42 Å². The van der Waals surface area contributed by atoms with Crippen molar-refractivity contribution in [2.45, 2.75) is 36.9 Å². The third-order valence-electron chi connectivity index (χ3n) is 3.07. The van der Waals surface area contributed by atoms with Gasteiger partial charge < -0.3 is 5.73 Å². The summed E-state index contributed by atoms with van der Waals surface area (Å²) in [5.74, 6) is 0. The molecule has 1 aromatic heterocycles. The van der Waals surface area contributed by atoms with Gasteiger partial charge in [-0.1, -0.05) is 0 Å². The zero-order valence-electron chi connectivity index (χ0n) is 10.5. The number of thiophene rings is 1. The van der Waals surface area contributed by atoms with Crippen LogP contribution in [0.1, 0.15) is 23.3 Å². The van der Waals surface area contributed by atoms with Gasteiger partial charge in [-0.3, -0.25) is 0 Å². The summed E-state index contributed by atoms with van der Waals surface area (Å²) in [6, 6.07) is 2.07. The van der Waals surface area contributed by atoms with Crippen LogP contribution in [0.15, 0.2) is 10.3 Å². The molecule has 0 radical (unpaired) electrons. The molecule has 0 saturated carbocycles. The lowest BCUT2D eigenvalue weighted by atomic mass is 10.1. The van der Waals surface area contributed by atoms with E-state index in [1.54, 1.807) is 4.31 Å². The van der Waals surface area contributed by atoms with Gasteiger partial charge in [0.2, 0.25) is 0 Å². The van der Waals surface area contributed by atoms with Gasteiger partial charge in [0.25, 0.3) is 10.0 Å². The topological polar surface area (TPSA) is 63.4 Å². The molecule has 0 spiro atoms. The first-order valence-corrected chi connectivity index (χ1v) is 7.99. The lowest BCUT2D eigenvalue weighted by molar-refractivity contribution is 0.320. The molecular weight excluding hydrogens is 292 g/mol. The molecule has 1 fully saturated rings. The summed E-state index contributed by atoms with van der Waals surface area (Å²) in [5, 5.41) is 0. The first-order valence-electron chi connectivity index (χ1n) is 5.74. The second kappa shape index (κ2) is 5.88. The molecule has 2 rings (SSSR count). The molecule has 2 N–H and O–H groups in total. The highest BCUT2D eigenvalue weighted by molar-refractivity contribution is 7.91. The Hall–Kier alpha value is -0.140. The summed E-state index contributed by atoms with van der Waals surface area (Å²) in [7, 11) is -3.30. The smallest absolute Gasteiger partial charge is 0.252 e. The largest absolute Gasteiger partial charge is 0.328 e. The summed E-state index contributed by atoms with van der Waals surface area (Å²) in [4.78, 5) is 1.04. The molecule has 0 atom stereocenters. The minimum Gasteiger partial charge on any atom is -0.328 e. The van der Waals surface area contributed by atoms with Crippen LogP contribution in [0, 0.1) is 13.8 Å². The molecule has 0 amide bonds. The Morgan fingerprint density at radius 2 is 1.89 bits per heavy atom. The predicted octanol–water partition coefficient (Wildman–Crippen LogP) is 1.90. The number of hydrogen-bond donors (Lipinski definition) is 1. The highest BCUT2D eigenvalue weighted by Gasteiger charge is 2.30. The molecular formula is C11H19ClN2O2S2. The van der Waals surface area contributed by atoms with Crippen molar-refractivity contribution in [1.82, 2.24) is 4.31 Å². The van der Waals surface area contributed by atoms with Crippen molar-refractivity contribution < 1.29 is 8.42 Å². The average molecular weight is 311 g/mol. The maximum atomic E-state index is 12.4. The van der Waals surface area contributed by atoms with Crippen LogP contribution in [0.2, 0.25) is 0 Å². The number of sulfonamides is 1. The number of aryl methyl sites for hydroxylation is 2. The van der Waals surface area contributed by atoms with Crippen LogP contribution in [-0.4, -0.2) is 31.9 Å². The molecule has 1 aliphatic rings. The van der Waals surface area contributed by atoms with Crippen LogP contribution in [0.3, 0.4) is 0 Å². The minimum absolute atomic E-state index is 0. The number of hydrogen-bond acceptors (Lipinski definition) is 4. The summed E-state index contributed by atoms with van der Waals surface area (Å²) in [6.07, 6.45) is 1.51. The van der Waals surface area contributed by atoms with Crippen LogP contribution >= 0.6 is 23.7 Å². The lowest BCUT2D eigenvalue weighted by Crippen LogP contribution is -2.42. The molecule has 4 nitrogen and oxygen atoms in total. The molecule has 0 bridgehead atoms. The summed E-state index contributed by atoms with van der Waals surface area (Å²) in [6.45, 7) is 4.87. The Morgan fingerprint density at radius 1 is 1.33 bits per heavy atom. The van der Waals surface area contributed by atoms with Crippen LogP contribution in [0.25, 0.3) is 0 Å². The van der Waals surface area contributed by atoms with E-state index in [1.165, 1.54) is 11.3 Å². The summed E-state index contributed by atoms with van der Waals surface area (Å²) >= 11 is 1.35. The third kappa shape index (κ3) is 3.05. The molecule has 0 unspecified atom stereocenters. The van der Waals surface area contributed by atoms with Crippen LogP contribution in [0.5, 0.6) is 0 Å². The second-order valence-electron chi connectivity index (χ2n) is 4.57. The van der Waals surface area contributed by atoms with Crippen LogP contribution in [-0.2, 0) is 10.0 Å². The highest BCUT2D eigenvalue weighted by atomic mass is 35.5. The standard InChI is InChI=1S/C11H18N2O2S2.ClH/c1-8-7-9(2)16-11(8)17(14,15)13-5-3-10(12)4-6-13;/h7,10H,3-6,12H2,1-2H3;1H. The van der Waals surface area contributed by atoms with E-state index < -0.39 is 10.0 Å². The molecule has 2 heterocycles. The van der Waals surface area contributed by atoms with Gasteiger partial charge >= 0.3 is 0 Å². The first kappa shape index (κ1) is 15.9. The molecule has 0 aliphatic carbocycles. The first-order chi connectivity index (χ1) is 7.91. The van der Waals surface area contributed by atoms with Gasteiger partial charge in [-0.2, -0.15) is 4.31 Å². The van der Waals surface area contributed by atoms with Crippen molar-refractivity contribution in [3.63, 3.8) is 0 Å². The minimum atomic E-state index is -3.30. The van der Waals surface area contributed by atoms with E-state index in [9.17, 15) is 8.42 Å². The van der Waals surface area contributed by atoms with Crippen LogP contribution in [0.4, 0.5) is 0 Å². The molecule has 1 aliphatic heterocycles. The van der Waals surface area contributed by atoms with E-state index >= 15 is 0 Å². The number of piperidine rings is 1. The molecule has 7 heteroatoms. The van der Waals surface area contributed by atoms with Crippen molar-refractivity contribution in [2.24, 2.45) is 5.73 Å². The summed E-state index contributed by atoms with van der Waals surface area (Å²) in [5.41, 5.74) is 6.64. The average Bonchev–Trinajstić information content (AvgIpc) is 2.59. The maximum absolute atomic E-state index is 12.4. The lowest BCUT2D eigenvalue weighted by Gasteiger charge is -2.29. The van der Waals surface area contributed by atoms with Crippen molar-refractivity contribution in [3.8, 4) is 0 Å². The zero-order chi connectivity index (χ0) is 12.6. The van der Waals surface area contributed by atoms with Gasteiger partial charge in [0, 0.05) is 24.0 Å². The van der Waals surface area contributed by atoms with E-state index in [0.29, 0.717) is 17.3 Å². The zero-order valence-corrected chi connectivity index (χ0v) is 13.0. The van der Waals surface area contributed by atoms with Gasteiger partial charge in [0.05, 0.1) is 0 Å². The SMILES string of the molecule is Cc1cc(C)c(S(=O)(=O)N2CCC(N)CC2)s1.Cl. The number of halogens is 1. The fourth-order valence-electron chi connectivity index (χ4n) is 2.11. The molecule has 1 saturated heterocycles. The number of nitrogens with two attached hydrogens (primary N) is 1. The molecule has 18 heavy (non-hydrogen) atoms. The Labute approximate surface area is 119 Å². The van der Waals surface area contributed by atoms with Crippen LogP contribution < -0.4 is 5.73 Å². The predicted molar refractivity (Wildman–Crippen MR) is 77.0 cm³/mol. The van der Waals surface area contributed by atoms with Crippen molar-refractivity contribution in [2.75, 3.05) is 13.1 Å². The highest BCUT2D eigenvalue weighted by Crippen LogP contribution is 2.30. The van der Waals surface area contributed by atoms with E-state index in [1.807, 2.05) is 19.9 Å². The van der Waals surface area contributed by atoms with Gasteiger partial charge in [-0.15, -0.1) is 23.7 Å². The second-order valence-corrected chi connectivity index (χ2v) is 7.96. The quantitative estimate of drug-likeness (QED) is 0.907. The molecule has 0 aromatic carbocycles. The van der Waals surface area contributed by atoms with Gasteiger partial charge in [0.15, 0.2) is 0 Å². The Kier molecular flexibility index (Phi) is 5.20. The summed E-state index contributed by atoms with van der Waals surface area (Å²) < 4.78 is 26.9. The van der Waals surface area contributed by atoms with E-state index in [-0.39, 0.29) is 18.4 Å². The normalized spacial score (nSPS) is 18.6. The van der Waals surface area contributed by atoms with Crippen molar-refractivity contribution >= 4 is 33.8 Å². The fourth-order valence-corrected chi connectivity index (χ4v) is 5.38. The van der Waals surface area contributed by atoms with Gasteiger partial charge in [-0.05, 0) is 38.3 Å². The monoisotopic (exact) mass is 310 g/mol. The Morgan fingerprint density at radius 3 is 2.33 bits per heavy atom. The van der Waals surface area contributed by atoms with E-state index in [4.69, 9.17) is 5.73 Å². The molecule has 104 valence electrons.